The third-order valence-corrected chi connectivity index (χ3v) is 3.36. The van der Waals surface area contributed by atoms with Crippen molar-refractivity contribution in [3.05, 3.63) is 29.8 Å². The molecular formula is C14H21N3O2. The predicted octanol–water partition coefficient (Wildman–Crippen LogP) is 0.471. The van der Waals surface area contributed by atoms with Gasteiger partial charge in [0.25, 0.3) is 0 Å². The molecule has 0 bridgehead atoms. The van der Waals surface area contributed by atoms with Gasteiger partial charge in [-0.15, -0.1) is 0 Å². The quantitative estimate of drug-likeness (QED) is 0.774. The van der Waals surface area contributed by atoms with Gasteiger partial charge in [-0.3, -0.25) is 0 Å². The van der Waals surface area contributed by atoms with Gasteiger partial charge in [0.2, 0.25) is 0 Å². The molecule has 1 aromatic carbocycles. The summed E-state index contributed by atoms with van der Waals surface area (Å²) in [6.45, 7) is 3.61. The van der Waals surface area contributed by atoms with Crippen molar-refractivity contribution < 1.29 is 9.53 Å². The summed E-state index contributed by atoms with van der Waals surface area (Å²) in [6, 6.07) is 8.01. The molecule has 2 rings (SSSR count). The third kappa shape index (κ3) is 3.24. The van der Waals surface area contributed by atoms with Crippen molar-refractivity contribution in [2.75, 3.05) is 45.2 Å². The van der Waals surface area contributed by atoms with Crippen LogP contribution in [0.25, 0.3) is 0 Å². The van der Waals surface area contributed by atoms with Gasteiger partial charge in [-0.25, -0.2) is 4.79 Å². The zero-order valence-electron chi connectivity index (χ0n) is 11.5. The maximum absolute atomic E-state index is 11.8. The highest BCUT2D eigenvalue weighted by Gasteiger charge is 2.22. The molecular weight excluding hydrogens is 242 g/mol. The van der Waals surface area contributed by atoms with Gasteiger partial charge in [0.1, 0.15) is 0 Å². The lowest BCUT2D eigenvalue weighted by Crippen LogP contribution is -2.54. The number of hydrogen-bond donors (Lipinski definition) is 2. The van der Waals surface area contributed by atoms with Gasteiger partial charge in [0, 0.05) is 32.2 Å². The molecule has 19 heavy (non-hydrogen) atoms. The molecule has 1 aromatic rings. The third-order valence-electron chi connectivity index (χ3n) is 3.36. The second kappa shape index (κ2) is 6.54. The number of ether oxygens (including phenoxy) is 1. The molecule has 0 spiro atoms. The van der Waals surface area contributed by atoms with E-state index in [9.17, 15) is 4.79 Å². The van der Waals surface area contributed by atoms with Crippen LogP contribution in [0.5, 0.6) is 0 Å². The molecule has 0 saturated carbocycles. The number of para-hydroxylation sites is 1. The lowest BCUT2D eigenvalue weighted by Gasteiger charge is -2.36. The highest BCUT2D eigenvalue weighted by molar-refractivity contribution is 5.95. The summed E-state index contributed by atoms with van der Waals surface area (Å²) in [5.74, 6) is -0.278. The molecule has 1 heterocycles. The van der Waals surface area contributed by atoms with Gasteiger partial charge >= 0.3 is 5.97 Å². The molecule has 104 valence electrons. The summed E-state index contributed by atoms with van der Waals surface area (Å²) >= 11 is 0. The number of rotatable bonds is 4. The van der Waals surface area contributed by atoms with Gasteiger partial charge in [-0.1, -0.05) is 12.1 Å². The Bertz CT molecular complexity index is 434. The smallest absolute Gasteiger partial charge is 0.339 e. The van der Waals surface area contributed by atoms with Gasteiger partial charge in [0.05, 0.1) is 18.4 Å². The van der Waals surface area contributed by atoms with Crippen molar-refractivity contribution in [2.45, 2.75) is 6.04 Å². The first-order chi connectivity index (χ1) is 9.26. The Hall–Kier alpha value is -1.59. The van der Waals surface area contributed by atoms with Crippen LogP contribution in [0.15, 0.2) is 24.3 Å². The number of esters is 1. The number of methoxy groups -OCH3 is 1. The number of hydrogen-bond acceptors (Lipinski definition) is 5. The molecule has 1 saturated heterocycles. The maximum Gasteiger partial charge on any atom is 0.339 e. The van der Waals surface area contributed by atoms with E-state index in [-0.39, 0.29) is 5.97 Å². The van der Waals surface area contributed by atoms with Crippen molar-refractivity contribution >= 4 is 11.7 Å². The van der Waals surface area contributed by atoms with Crippen molar-refractivity contribution in [3.63, 3.8) is 0 Å². The molecule has 1 aliphatic heterocycles. The van der Waals surface area contributed by atoms with E-state index in [1.54, 1.807) is 0 Å². The fourth-order valence-electron chi connectivity index (χ4n) is 2.46. The summed E-state index contributed by atoms with van der Waals surface area (Å²) < 4.78 is 4.85. The highest BCUT2D eigenvalue weighted by Crippen LogP contribution is 2.22. The molecule has 2 N–H and O–H groups in total. The van der Waals surface area contributed by atoms with Gasteiger partial charge in [0.15, 0.2) is 0 Å². The number of anilines is 1. The van der Waals surface area contributed by atoms with Gasteiger partial charge in [-0.2, -0.15) is 0 Å². The molecule has 1 aliphatic rings. The minimum absolute atomic E-state index is 0.278. The van der Waals surface area contributed by atoms with E-state index in [2.05, 4.69) is 15.5 Å². The van der Waals surface area contributed by atoms with Gasteiger partial charge in [-0.05, 0) is 19.2 Å². The average Bonchev–Trinajstić information content (AvgIpc) is 2.47. The molecule has 0 aliphatic carbocycles. The number of nitrogens with zero attached hydrogens (tertiary/aromatic N) is 1. The maximum atomic E-state index is 11.8. The van der Waals surface area contributed by atoms with E-state index in [0.717, 1.165) is 31.9 Å². The topological polar surface area (TPSA) is 53.6 Å². The molecule has 0 amide bonds. The van der Waals surface area contributed by atoms with Crippen LogP contribution in [-0.4, -0.2) is 52.3 Å². The zero-order valence-corrected chi connectivity index (χ0v) is 11.5. The second-order valence-corrected chi connectivity index (χ2v) is 4.66. The summed E-state index contributed by atoms with van der Waals surface area (Å²) in [7, 11) is 3.36. The summed E-state index contributed by atoms with van der Waals surface area (Å²) in [5, 5.41) is 6.64. The predicted molar refractivity (Wildman–Crippen MR) is 75.7 cm³/mol. The van der Waals surface area contributed by atoms with Crippen LogP contribution >= 0.6 is 0 Å². The molecule has 0 aromatic heterocycles. The molecule has 1 unspecified atom stereocenters. The van der Waals surface area contributed by atoms with E-state index in [1.807, 2.05) is 31.3 Å². The fourth-order valence-corrected chi connectivity index (χ4v) is 2.46. The molecule has 5 heteroatoms. The van der Waals surface area contributed by atoms with Gasteiger partial charge < -0.3 is 20.3 Å². The van der Waals surface area contributed by atoms with Crippen LogP contribution in [0, 0.1) is 0 Å². The summed E-state index contributed by atoms with van der Waals surface area (Å²) in [6.07, 6.45) is 0. The van der Waals surface area contributed by atoms with Crippen molar-refractivity contribution in [1.29, 1.82) is 0 Å². The Labute approximate surface area is 113 Å². The first-order valence-electron chi connectivity index (χ1n) is 6.56. The normalized spacial score (nSPS) is 19.3. The molecule has 1 fully saturated rings. The lowest BCUT2D eigenvalue weighted by atomic mass is 10.1. The number of benzene rings is 1. The van der Waals surface area contributed by atoms with Crippen LogP contribution in [0.1, 0.15) is 10.4 Å². The van der Waals surface area contributed by atoms with Crippen LogP contribution in [0.2, 0.25) is 0 Å². The number of piperazine rings is 1. The Kier molecular flexibility index (Phi) is 4.76. The Morgan fingerprint density at radius 1 is 1.53 bits per heavy atom. The van der Waals surface area contributed by atoms with E-state index >= 15 is 0 Å². The van der Waals surface area contributed by atoms with Crippen LogP contribution in [0.4, 0.5) is 5.69 Å². The highest BCUT2D eigenvalue weighted by atomic mass is 16.5. The number of carbonyl (C=O) groups excluding carboxylic acids is 1. The summed E-state index contributed by atoms with van der Waals surface area (Å²) in [5.41, 5.74) is 1.59. The Morgan fingerprint density at radius 2 is 2.32 bits per heavy atom. The number of nitrogens with one attached hydrogen (secondary N) is 2. The molecule has 0 radical (unpaired) electrons. The van der Waals surface area contributed by atoms with Crippen molar-refractivity contribution in [2.24, 2.45) is 0 Å². The van der Waals surface area contributed by atoms with Crippen molar-refractivity contribution in [3.8, 4) is 0 Å². The largest absolute Gasteiger partial charge is 0.465 e. The van der Waals surface area contributed by atoms with E-state index in [0.29, 0.717) is 11.6 Å². The zero-order chi connectivity index (χ0) is 13.7. The monoisotopic (exact) mass is 263 g/mol. The fraction of sp³-hybridized carbons (Fsp3) is 0.500. The average molecular weight is 263 g/mol. The summed E-state index contributed by atoms with van der Waals surface area (Å²) in [4.78, 5) is 14.0. The van der Waals surface area contributed by atoms with E-state index < -0.39 is 0 Å². The molecule has 1 atom stereocenters. The van der Waals surface area contributed by atoms with Crippen LogP contribution in [-0.2, 0) is 4.74 Å². The minimum Gasteiger partial charge on any atom is -0.465 e. The SMILES string of the molecule is CNCC1CN(c2ccccc2C(=O)OC)CCN1. The first kappa shape index (κ1) is 13.8. The minimum atomic E-state index is -0.278. The Morgan fingerprint density at radius 3 is 3.05 bits per heavy atom. The first-order valence-corrected chi connectivity index (χ1v) is 6.56. The lowest BCUT2D eigenvalue weighted by molar-refractivity contribution is 0.0601. The van der Waals surface area contributed by atoms with Crippen molar-refractivity contribution in [1.82, 2.24) is 10.6 Å². The number of carbonyl (C=O) groups is 1. The standard InChI is InChI=1S/C14H21N3O2/c1-15-9-11-10-17(8-7-16-11)13-6-4-3-5-12(13)14(18)19-2/h3-6,11,15-16H,7-10H2,1-2H3. The van der Waals surface area contributed by atoms with E-state index in [1.165, 1.54) is 7.11 Å². The van der Waals surface area contributed by atoms with Crippen LogP contribution in [0.3, 0.4) is 0 Å². The number of likely N-dealkylation sites (N-methyl/N-ethyl adjacent to an activating group) is 1. The van der Waals surface area contributed by atoms with Crippen LogP contribution < -0.4 is 15.5 Å². The second-order valence-electron chi connectivity index (χ2n) is 4.66. The Balaban J connectivity index is 2.19. The molecule has 5 nitrogen and oxygen atoms in total. The van der Waals surface area contributed by atoms with E-state index in [4.69, 9.17) is 4.74 Å².